The van der Waals surface area contributed by atoms with E-state index in [1.165, 1.54) is 0 Å². The van der Waals surface area contributed by atoms with Crippen molar-refractivity contribution >= 4 is 5.94 Å². The molecule has 0 amide bonds. The van der Waals surface area contributed by atoms with Crippen LogP contribution >= 0.6 is 0 Å². The van der Waals surface area contributed by atoms with E-state index >= 15 is 0 Å². The summed E-state index contributed by atoms with van der Waals surface area (Å²) in [5.41, 5.74) is 0.547. The van der Waals surface area contributed by atoms with Crippen molar-refractivity contribution in [1.29, 1.82) is 0 Å². The smallest absolute Gasteiger partial charge is 0.162 e. The molecule has 0 radical (unpaired) electrons. The Hall–Kier alpha value is -0.870. The highest BCUT2D eigenvalue weighted by Gasteiger charge is 2.29. The Balaban J connectivity index is 1.99. The van der Waals surface area contributed by atoms with Gasteiger partial charge in [0.05, 0.1) is 6.61 Å². The molecule has 1 atom stereocenters. The van der Waals surface area contributed by atoms with Crippen LogP contribution in [0, 0.1) is 0 Å². The molecule has 5 heteroatoms. The van der Waals surface area contributed by atoms with Gasteiger partial charge in [0, 0.05) is 32.7 Å². The van der Waals surface area contributed by atoms with Crippen LogP contribution in [0.3, 0.4) is 0 Å². The van der Waals surface area contributed by atoms with Crippen molar-refractivity contribution in [3.05, 3.63) is 5.70 Å². The number of nitrogens with zero attached hydrogens (tertiary/aromatic N) is 2. The highest BCUT2D eigenvalue weighted by atomic mass is 16.5. The average Bonchev–Trinajstić information content (AvgIpc) is 2.30. The molecule has 0 bridgehead atoms. The molecule has 2 fully saturated rings. The van der Waals surface area contributed by atoms with E-state index < -0.39 is 0 Å². The van der Waals surface area contributed by atoms with Crippen molar-refractivity contribution in [3.63, 3.8) is 0 Å². The van der Waals surface area contributed by atoms with Crippen molar-refractivity contribution in [2.75, 3.05) is 46.4 Å². The van der Waals surface area contributed by atoms with E-state index in [-0.39, 0.29) is 6.23 Å². The highest BCUT2D eigenvalue weighted by molar-refractivity contribution is 5.53. The zero-order chi connectivity index (χ0) is 10.7. The second kappa shape index (κ2) is 4.77. The summed E-state index contributed by atoms with van der Waals surface area (Å²) in [6.07, 6.45) is -0.204. The summed E-state index contributed by atoms with van der Waals surface area (Å²) in [4.78, 5) is 15.2. The monoisotopic (exact) mass is 211 g/mol. The molecule has 0 aromatic carbocycles. The lowest BCUT2D eigenvalue weighted by molar-refractivity contribution is -0.0659. The van der Waals surface area contributed by atoms with Crippen LogP contribution < -0.4 is 5.32 Å². The summed E-state index contributed by atoms with van der Waals surface area (Å²) in [5, 5.41) is 3.04. The second-order valence-electron chi connectivity index (χ2n) is 4.00. The molecule has 2 heterocycles. The van der Waals surface area contributed by atoms with Crippen molar-refractivity contribution in [3.8, 4) is 0 Å². The SMILES string of the molecule is CN1CCN(C2OCCNC2=C=O)CC1. The standard InChI is InChI=1S/C10H17N3O2/c1-12-3-5-13(6-4-12)10-9(8-14)11-2-7-15-10/h10-11H,2-7H2,1H3. The third-order valence-corrected chi connectivity index (χ3v) is 2.92. The van der Waals surface area contributed by atoms with Gasteiger partial charge in [0.1, 0.15) is 11.6 Å². The van der Waals surface area contributed by atoms with Crippen molar-refractivity contribution in [2.24, 2.45) is 0 Å². The van der Waals surface area contributed by atoms with Crippen LogP contribution in [-0.4, -0.2) is 68.3 Å². The number of hydrogen-bond donors (Lipinski definition) is 1. The zero-order valence-electron chi connectivity index (χ0n) is 9.03. The Morgan fingerprint density at radius 2 is 2.13 bits per heavy atom. The first-order valence-corrected chi connectivity index (χ1v) is 5.34. The third kappa shape index (κ3) is 2.38. The van der Waals surface area contributed by atoms with E-state index in [2.05, 4.69) is 22.2 Å². The molecule has 2 saturated heterocycles. The number of nitrogens with one attached hydrogen (secondary N) is 1. The van der Waals surface area contributed by atoms with Gasteiger partial charge in [-0.25, -0.2) is 4.79 Å². The van der Waals surface area contributed by atoms with Crippen LogP contribution in [0.25, 0.3) is 0 Å². The van der Waals surface area contributed by atoms with E-state index in [4.69, 9.17) is 4.74 Å². The van der Waals surface area contributed by atoms with Crippen LogP contribution in [0.4, 0.5) is 0 Å². The largest absolute Gasteiger partial charge is 0.374 e. The maximum absolute atomic E-state index is 10.7. The lowest BCUT2D eigenvalue weighted by Gasteiger charge is -2.39. The zero-order valence-corrected chi connectivity index (χ0v) is 9.03. The molecular formula is C10H17N3O2. The van der Waals surface area contributed by atoms with E-state index in [1.54, 1.807) is 0 Å². The summed E-state index contributed by atoms with van der Waals surface area (Å²) >= 11 is 0. The van der Waals surface area contributed by atoms with Gasteiger partial charge in [-0.05, 0) is 7.05 Å². The van der Waals surface area contributed by atoms with Gasteiger partial charge in [-0.15, -0.1) is 0 Å². The van der Waals surface area contributed by atoms with Crippen LogP contribution in [0.2, 0.25) is 0 Å². The van der Waals surface area contributed by atoms with Gasteiger partial charge in [0.15, 0.2) is 6.23 Å². The summed E-state index contributed by atoms with van der Waals surface area (Å²) in [5.74, 6) is 1.94. The minimum absolute atomic E-state index is 0.204. The average molecular weight is 211 g/mol. The Kier molecular flexibility index (Phi) is 3.38. The lowest BCUT2D eigenvalue weighted by Crippen LogP contribution is -2.54. The Labute approximate surface area is 89.7 Å². The summed E-state index contributed by atoms with van der Waals surface area (Å²) in [7, 11) is 2.10. The molecule has 0 aromatic rings. The number of ether oxygens (including phenoxy) is 1. The van der Waals surface area contributed by atoms with Gasteiger partial charge in [-0.3, -0.25) is 4.90 Å². The Bertz CT molecular complexity index is 268. The van der Waals surface area contributed by atoms with Crippen LogP contribution in [-0.2, 0) is 9.53 Å². The molecule has 1 unspecified atom stereocenters. The fourth-order valence-electron chi connectivity index (χ4n) is 1.96. The lowest BCUT2D eigenvalue weighted by atomic mass is 10.2. The molecular weight excluding hydrogens is 194 g/mol. The molecule has 5 nitrogen and oxygen atoms in total. The Morgan fingerprint density at radius 1 is 1.40 bits per heavy atom. The molecule has 1 N–H and O–H groups in total. The first kappa shape index (κ1) is 10.6. The van der Waals surface area contributed by atoms with E-state index in [9.17, 15) is 4.79 Å². The number of hydrogen-bond acceptors (Lipinski definition) is 5. The number of likely N-dealkylation sites (N-methyl/N-ethyl adjacent to an activating group) is 1. The molecule has 0 saturated carbocycles. The van der Waals surface area contributed by atoms with Crippen LogP contribution in [0.1, 0.15) is 0 Å². The number of rotatable bonds is 1. The topological polar surface area (TPSA) is 44.8 Å². The summed E-state index contributed by atoms with van der Waals surface area (Å²) in [6.45, 7) is 5.27. The fourth-order valence-corrected chi connectivity index (χ4v) is 1.96. The Morgan fingerprint density at radius 3 is 2.80 bits per heavy atom. The molecule has 2 rings (SSSR count). The number of carbonyl (C=O) groups excluding carboxylic acids is 1. The van der Waals surface area contributed by atoms with E-state index in [0.29, 0.717) is 18.8 Å². The van der Waals surface area contributed by atoms with Crippen molar-refractivity contribution < 1.29 is 9.53 Å². The van der Waals surface area contributed by atoms with Gasteiger partial charge < -0.3 is 15.0 Å². The van der Waals surface area contributed by atoms with Crippen LogP contribution in [0.15, 0.2) is 5.70 Å². The molecule has 0 aliphatic carbocycles. The quantitative estimate of drug-likeness (QED) is 0.558. The molecule has 15 heavy (non-hydrogen) atoms. The minimum Gasteiger partial charge on any atom is -0.374 e. The third-order valence-electron chi connectivity index (χ3n) is 2.92. The van der Waals surface area contributed by atoms with E-state index in [0.717, 1.165) is 26.2 Å². The van der Waals surface area contributed by atoms with Crippen LogP contribution in [0.5, 0.6) is 0 Å². The molecule has 84 valence electrons. The number of piperazine rings is 1. The number of morpholine rings is 1. The van der Waals surface area contributed by atoms with Crippen molar-refractivity contribution in [1.82, 2.24) is 15.1 Å². The molecule has 0 spiro atoms. The first-order valence-electron chi connectivity index (χ1n) is 5.34. The predicted octanol–water partition coefficient (Wildman–Crippen LogP) is -1.10. The molecule has 2 aliphatic heterocycles. The minimum atomic E-state index is -0.204. The maximum atomic E-state index is 10.7. The van der Waals surface area contributed by atoms with Gasteiger partial charge in [-0.2, -0.15) is 0 Å². The van der Waals surface area contributed by atoms with Gasteiger partial charge in [0.2, 0.25) is 0 Å². The highest BCUT2D eigenvalue weighted by Crippen LogP contribution is 2.13. The molecule has 2 aliphatic rings. The van der Waals surface area contributed by atoms with Gasteiger partial charge in [-0.1, -0.05) is 0 Å². The normalized spacial score (nSPS) is 29.7. The van der Waals surface area contributed by atoms with Gasteiger partial charge >= 0.3 is 0 Å². The maximum Gasteiger partial charge on any atom is 0.162 e. The fraction of sp³-hybridized carbons (Fsp3) is 0.800. The second-order valence-corrected chi connectivity index (χ2v) is 4.00. The van der Waals surface area contributed by atoms with Gasteiger partial charge in [0.25, 0.3) is 0 Å². The van der Waals surface area contributed by atoms with E-state index in [1.807, 2.05) is 5.94 Å². The summed E-state index contributed by atoms with van der Waals surface area (Å²) in [6, 6.07) is 0. The summed E-state index contributed by atoms with van der Waals surface area (Å²) < 4.78 is 5.60. The predicted molar refractivity (Wildman–Crippen MR) is 56.0 cm³/mol. The van der Waals surface area contributed by atoms with Crippen molar-refractivity contribution in [2.45, 2.75) is 6.23 Å². The molecule has 0 aromatic heterocycles. The first-order chi connectivity index (χ1) is 7.31.